The molecule has 3 atom stereocenters. The third-order valence-electron chi connectivity index (χ3n) is 5.24. The van der Waals surface area contributed by atoms with Crippen LogP contribution in [-0.4, -0.2) is 59.0 Å². The number of carboxylic acid groups (broad SMARTS) is 1. The van der Waals surface area contributed by atoms with Crippen molar-refractivity contribution in [3.63, 3.8) is 0 Å². The van der Waals surface area contributed by atoms with Gasteiger partial charge in [-0.1, -0.05) is 49.6 Å². The molecule has 2 rings (SSSR count). The summed E-state index contributed by atoms with van der Waals surface area (Å²) in [6, 6.07) is 12.5. The molecule has 9 nitrogen and oxygen atoms in total. The van der Waals surface area contributed by atoms with E-state index in [2.05, 4.69) is 13.2 Å². The lowest BCUT2D eigenvalue weighted by atomic mass is 9.95. The predicted octanol–water partition coefficient (Wildman–Crippen LogP) is 3.96. The van der Waals surface area contributed by atoms with Gasteiger partial charge < -0.3 is 24.4 Å². The summed E-state index contributed by atoms with van der Waals surface area (Å²) in [4.78, 5) is 48.5. The Morgan fingerprint density at radius 1 is 0.838 bits per heavy atom. The van der Waals surface area contributed by atoms with Crippen LogP contribution < -0.4 is 0 Å². The Kier molecular flexibility index (Phi) is 10.3. The van der Waals surface area contributed by atoms with E-state index in [-0.39, 0.29) is 28.7 Å². The fourth-order valence-corrected chi connectivity index (χ4v) is 3.33. The molecule has 37 heavy (non-hydrogen) atoms. The van der Waals surface area contributed by atoms with Crippen molar-refractivity contribution in [1.82, 2.24) is 0 Å². The van der Waals surface area contributed by atoms with Gasteiger partial charge in [0.15, 0.2) is 0 Å². The lowest BCUT2D eigenvalue weighted by Gasteiger charge is -2.26. The highest BCUT2D eigenvalue weighted by atomic mass is 16.6. The summed E-state index contributed by atoms with van der Waals surface area (Å²) in [6.07, 6.45) is -3.49. The molecular weight excluding hydrogens is 480 g/mol. The number of aliphatic hydroxyl groups excluding tert-OH is 1. The Morgan fingerprint density at radius 3 is 1.86 bits per heavy atom. The summed E-state index contributed by atoms with van der Waals surface area (Å²) in [5, 5.41) is 20.2. The zero-order chi connectivity index (χ0) is 27.7. The van der Waals surface area contributed by atoms with Crippen molar-refractivity contribution < 1.29 is 43.6 Å². The lowest BCUT2D eigenvalue weighted by molar-refractivity contribution is -0.157. The molecular formula is C28H30O9. The number of esters is 3. The lowest BCUT2D eigenvalue weighted by Crippen LogP contribution is -2.38. The van der Waals surface area contributed by atoms with E-state index >= 15 is 0 Å². The summed E-state index contributed by atoms with van der Waals surface area (Å²) in [7, 11) is 0. The molecule has 0 saturated carbocycles. The Hall–Kier alpha value is -4.24. The molecule has 0 aromatic heterocycles. The van der Waals surface area contributed by atoms with Crippen molar-refractivity contribution in [2.24, 2.45) is 0 Å². The van der Waals surface area contributed by atoms with Crippen LogP contribution in [-0.2, 0) is 23.8 Å². The van der Waals surface area contributed by atoms with Gasteiger partial charge in [-0.15, -0.1) is 0 Å². The van der Waals surface area contributed by atoms with Crippen molar-refractivity contribution in [1.29, 1.82) is 0 Å². The van der Waals surface area contributed by atoms with E-state index < -0.39 is 48.8 Å². The minimum atomic E-state index is -1.46. The smallest absolute Gasteiger partial charge is 0.338 e. The molecule has 0 spiro atoms. The molecule has 196 valence electrons. The molecule has 0 fully saturated rings. The van der Waals surface area contributed by atoms with E-state index in [1.165, 1.54) is 26.0 Å². The topological polar surface area (TPSA) is 136 Å². The van der Waals surface area contributed by atoms with Crippen LogP contribution in [0.1, 0.15) is 47.9 Å². The van der Waals surface area contributed by atoms with Crippen LogP contribution in [0.4, 0.5) is 0 Å². The Labute approximate surface area is 215 Å². The third-order valence-corrected chi connectivity index (χ3v) is 5.24. The monoisotopic (exact) mass is 510 g/mol. The zero-order valence-electron chi connectivity index (χ0n) is 20.9. The number of hydrogen-bond donors (Lipinski definition) is 2. The van der Waals surface area contributed by atoms with Crippen LogP contribution in [0.25, 0.3) is 11.1 Å². The van der Waals surface area contributed by atoms with E-state index in [0.29, 0.717) is 11.1 Å². The normalized spacial score (nSPS) is 13.0. The van der Waals surface area contributed by atoms with E-state index in [1.54, 1.807) is 43.3 Å². The van der Waals surface area contributed by atoms with Gasteiger partial charge in [0, 0.05) is 17.6 Å². The second-order valence-electron chi connectivity index (χ2n) is 8.52. The average molecular weight is 511 g/mol. The molecule has 2 N–H and O–H groups in total. The number of carboxylic acids is 1. The first-order chi connectivity index (χ1) is 17.4. The van der Waals surface area contributed by atoms with E-state index in [0.717, 1.165) is 0 Å². The van der Waals surface area contributed by atoms with Crippen molar-refractivity contribution in [2.75, 3.05) is 6.61 Å². The Morgan fingerprint density at radius 2 is 1.32 bits per heavy atom. The minimum absolute atomic E-state index is 0.00727. The van der Waals surface area contributed by atoms with Gasteiger partial charge in [-0.25, -0.2) is 19.2 Å². The highest BCUT2D eigenvalue weighted by Crippen LogP contribution is 2.28. The summed E-state index contributed by atoms with van der Waals surface area (Å²) in [6.45, 7) is 10.9. The third kappa shape index (κ3) is 8.15. The Bertz CT molecular complexity index is 1200. The predicted molar refractivity (Wildman–Crippen MR) is 135 cm³/mol. The molecule has 0 bridgehead atoms. The highest BCUT2D eigenvalue weighted by molar-refractivity contribution is 6.02. The van der Waals surface area contributed by atoms with Crippen LogP contribution in [0.3, 0.4) is 0 Å². The summed E-state index contributed by atoms with van der Waals surface area (Å²) >= 11 is 0. The van der Waals surface area contributed by atoms with Gasteiger partial charge in [-0.05, 0) is 44.0 Å². The van der Waals surface area contributed by atoms with Gasteiger partial charge in [0.25, 0.3) is 0 Å². The van der Waals surface area contributed by atoms with Crippen molar-refractivity contribution >= 4 is 23.9 Å². The number of ether oxygens (including phenoxy) is 3. The SMILES string of the molecule is C=C(C)C(=O)OC(C)CC(OC(=O)C(=C)C)C(O)COC(=O)c1ccccc1-c1ccccc1C(=O)O. The highest BCUT2D eigenvalue weighted by Gasteiger charge is 2.29. The van der Waals surface area contributed by atoms with Gasteiger partial charge in [0.2, 0.25) is 0 Å². The van der Waals surface area contributed by atoms with Crippen LogP contribution in [0.5, 0.6) is 0 Å². The van der Waals surface area contributed by atoms with Crippen LogP contribution in [0.15, 0.2) is 72.8 Å². The molecule has 0 amide bonds. The molecule has 0 radical (unpaired) electrons. The molecule has 0 aliphatic heterocycles. The molecule has 3 unspecified atom stereocenters. The number of hydrogen-bond acceptors (Lipinski definition) is 8. The molecule has 0 saturated heterocycles. The largest absolute Gasteiger partial charge is 0.478 e. The van der Waals surface area contributed by atoms with E-state index in [4.69, 9.17) is 14.2 Å². The van der Waals surface area contributed by atoms with E-state index in [9.17, 15) is 29.4 Å². The van der Waals surface area contributed by atoms with Gasteiger partial charge >= 0.3 is 23.9 Å². The van der Waals surface area contributed by atoms with Crippen molar-refractivity contribution in [3.8, 4) is 11.1 Å². The maximum atomic E-state index is 12.9. The summed E-state index contributed by atoms with van der Waals surface area (Å²) in [5.74, 6) is -3.39. The first kappa shape index (κ1) is 29.0. The quantitative estimate of drug-likeness (QED) is 0.247. The summed E-state index contributed by atoms with van der Waals surface area (Å²) < 4.78 is 15.8. The minimum Gasteiger partial charge on any atom is -0.478 e. The van der Waals surface area contributed by atoms with Crippen LogP contribution in [0.2, 0.25) is 0 Å². The molecule has 0 heterocycles. The van der Waals surface area contributed by atoms with Crippen LogP contribution >= 0.6 is 0 Å². The van der Waals surface area contributed by atoms with Gasteiger partial charge in [-0.3, -0.25) is 0 Å². The number of aliphatic hydroxyl groups is 1. The molecule has 9 heteroatoms. The van der Waals surface area contributed by atoms with E-state index in [1.807, 2.05) is 0 Å². The van der Waals surface area contributed by atoms with Gasteiger partial charge in [-0.2, -0.15) is 0 Å². The molecule has 2 aromatic rings. The average Bonchev–Trinajstić information content (AvgIpc) is 2.86. The van der Waals surface area contributed by atoms with Gasteiger partial charge in [0.05, 0.1) is 11.1 Å². The van der Waals surface area contributed by atoms with Crippen LogP contribution in [0, 0.1) is 0 Å². The standard InChI is InChI=1S/C28H30O9/c1-16(2)26(32)36-18(5)14-24(37-27(33)17(3)4)23(29)15-35-28(34)22-13-9-7-11-20(22)19-10-6-8-12-21(19)25(30)31/h6-13,18,23-24,29H,1,3,14-15H2,2,4-5H3,(H,30,31). The number of rotatable bonds is 12. The van der Waals surface area contributed by atoms with Crippen molar-refractivity contribution in [2.45, 2.75) is 45.5 Å². The number of benzene rings is 2. The second kappa shape index (κ2) is 13.2. The number of carbonyl (C=O) groups excluding carboxylic acids is 3. The number of aromatic carboxylic acids is 1. The first-order valence-electron chi connectivity index (χ1n) is 11.4. The fourth-order valence-electron chi connectivity index (χ4n) is 3.33. The Balaban J connectivity index is 2.20. The van der Waals surface area contributed by atoms with Crippen molar-refractivity contribution in [3.05, 3.63) is 84.0 Å². The molecule has 0 aliphatic rings. The van der Waals surface area contributed by atoms with Gasteiger partial charge in [0.1, 0.15) is 24.9 Å². The molecule has 2 aromatic carbocycles. The number of carbonyl (C=O) groups is 4. The zero-order valence-corrected chi connectivity index (χ0v) is 20.9. The second-order valence-corrected chi connectivity index (χ2v) is 8.52. The maximum Gasteiger partial charge on any atom is 0.338 e. The fraction of sp³-hybridized carbons (Fsp3) is 0.286. The maximum absolute atomic E-state index is 12.9. The summed E-state index contributed by atoms with van der Waals surface area (Å²) in [5.41, 5.74) is 1.03. The first-order valence-corrected chi connectivity index (χ1v) is 11.4. The molecule has 0 aliphatic carbocycles.